The fraction of sp³-hybridized carbons (Fsp3) is 0.245. The number of urea groups is 1. The lowest BCUT2D eigenvalue weighted by atomic mass is 9.65. The van der Waals surface area contributed by atoms with Gasteiger partial charge in [0, 0.05) is 11.1 Å². The number of nitrogens with zero attached hydrogens (tertiary/aromatic N) is 2. The number of nitrogens with one attached hydrogen (secondary N) is 1. The highest BCUT2D eigenvalue weighted by Crippen LogP contribution is 2.65. The second kappa shape index (κ2) is 16.6. The van der Waals surface area contributed by atoms with Crippen LogP contribution in [0, 0.1) is 23.7 Å². The molecule has 0 aromatic heterocycles. The van der Waals surface area contributed by atoms with Crippen molar-refractivity contribution >= 4 is 35.5 Å². The number of rotatable bonds is 8. The Kier molecular flexibility index (Phi) is 11.0. The number of morpholine rings is 1. The largest absolute Gasteiger partial charge is 0.508 e. The third kappa shape index (κ3) is 6.88. The quantitative estimate of drug-likeness (QED) is 0.127. The Bertz CT molecular complexity index is 2610. The fourth-order valence-electron chi connectivity index (χ4n) is 9.31. The first kappa shape index (κ1) is 41.3. The number of aromatic hydroxyl groups is 1. The lowest BCUT2D eigenvalue weighted by molar-refractivity contribution is -0.178. The molecule has 0 radical (unpaired) electrons. The minimum absolute atomic E-state index is 0.0681. The Balaban J connectivity index is 1.42. The van der Waals surface area contributed by atoms with E-state index in [0.29, 0.717) is 33.6 Å². The van der Waals surface area contributed by atoms with Gasteiger partial charge in [0.25, 0.3) is 0 Å². The lowest BCUT2D eigenvalue weighted by Gasteiger charge is -2.46. The van der Waals surface area contributed by atoms with Crippen LogP contribution >= 0.6 is 0 Å². The summed E-state index contributed by atoms with van der Waals surface area (Å²) in [5.74, 6) is 1.42. The standard InChI is InChI=1S/C49H44N4O9/c1-28(2)39(45(56)61-4)51-48(59)52-37-26-19-30(16-15-29-17-24-35(60-3)25-18-29)27-36(37)49(47(52)58)38(44(50)55)41-46(57)62-42(32-13-9-6-10-14-32)40(31-11-7-5-8-12-31)53(41)43(49)33-20-22-34(54)23-21-33/h5-14,17-28,38-43,54H,1-4H3,(H2,50,55)(H,51,59)/t38-,39+,40-,41-,42+,43+,49-/m1/s1. The summed E-state index contributed by atoms with van der Waals surface area (Å²) in [6.45, 7) is 3.43. The lowest BCUT2D eigenvalue weighted by Crippen LogP contribution is -2.57. The van der Waals surface area contributed by atoms with E-state index < -0.39 is 77.3 Å². The minimum atomic E-state index is -2.10. The maximum atomic E-state index is 16.0. The molecular weight excluding hydrogens is 789 g/mol. The molecule has 3 aliphatic rings. The van der Waals surface area contributed by atoms with Crippen molar-refractivity contribution in [2.24, 2.45) is 17.6 Å². The van der Waals surface area contributed by atoms with Gasteiger partial charge < -0.3 is 30.4 Å². The number of phenols is 1. The topological polar surface area (TPSA) is 178 Å². The molecule has 62 heavy (non-hydrogen) atoms. The van der Waals surface area contributed by atoms with Gasteiger partial charge in [0.15, 0.2) is 0 Å². The summed E-state index contributed by atoms with van der Waals surface area (Å²) < 4.78 is 16.7. The molecule has 7 atom stereocenters. The molecule has 4 N–H and O–H groups in total. The van der Waals surface area contributed by atoms with E-state index in [2.05, 4.69) is 17.2 Å². The smallest absolute Gasteiger partial charge is 0.329 e. The average Bonchev–Trinajstić information content (AvgIpc) is 3.74. The van der Waals surface area contributed by atoms with E-state index >= 15 is 4.79 Å². The van der Waals surface area contributed by atoms with Gasteiger partial charge in [0.2, 0.25) is 11.8 Å². The van der Waals surface area contributed by atoms with Crippen molar-refractivity contribution in [3.63, 3.8) is 0 Å². The molecule has 0 saturated carbocycles. The van der Waals surface area contributed by atoms with E-state index in [1.807, 2.05) is 65.6 Å². The van der Waals surface area contributed by atoms with Crippen LogP contribution in [0.2, 0.25) is 0 Å². The van der Waals surface area contributed by atoms with Crippen molar-refractivity contribution in [1.82, 2.24) is 10.2 Å². The number of benzene rings is 5. The highest BCUT2D eigenvalue weighted by atomic mass is 16.6. The number of anilines is 1. The van der Waals surface area contributed by atoms with E-state index in [-0.39, 0.29) is 17.0 Å². The van der Waals surface area contributed by atoms with Gasteiger partial charge in [-0.1, -0.05) is 98.5 Å². The zero-order chi connectivity index (χ0) is 43.9. The Hall–Kier alpha value is -7.43. The molecule has 5 aromatic rings. The molecule has 8 rings (SSSR count). The summed E-state index contributed by atoms with van der Waals surface area (Å²) in [4.78, 5) is 75.8. The minimum Gasteiger partial charge on any atom is -0.508 e. The second-order valence-corrected chi connectivity index (χ2v) is 15.8. The van der Waals surface area contributed by atoms with Crippen molar-refractivity contribution in [2.75, 3.05) is 19.1 Å². The van der Waals surface area contributed by atoms with Crippen LogP contribution in [-0.4, -0.2) is 66.1 Å². The number of ether oxygens (including phenoxy) is 3. The number of cyclic esters (lactones) is 1. The van der Waals surface area contributed by atoms with E-state index in [0.717, 1.165) is 4.90 Å². The molecule has 13 nitrogen and oxygen atoms in total. The van der Waals surface area contributed by atoms with Crippen LogP contribution in [0.15, 0.2) is 127 Å². The fourth-order valence-corrected chi connectivity index (χ4v) is 9.31. The first-order chi connectivity index (χ1) is 29.9. The number of nitrogens with two attached hydrogens (primary N) is 1. The van der Waals surface area contributed by atoms with Crippen molar-refractivity contribution in [2.45, 2.75) is 49.5 Å². The third-order valence-electron chi connectivity index (χ3n) is 12.0. The summed E-state index contributed by atoms with van der Waals surface area (Å²) in [7, 11) is 2.76. The van der Waals surface area contributed by atoms with Gasteiger partial charge in [-0.15, -0.1) is 0 Å². The van der Waals surface area contributed by atoms with Crippen LogP contribution in [-0.2, 0) is 34.1 Å². The molecule has 314 valence electrons. The summed E-state index contributed by atoms with van der Waals surface area (Å²) in [5.41, 5.74) is 7.52. The molecule has 0 aliphatic carbocycles. The number of esters is 2. The maximum absolute atomic E-state index is 16.0. The van der Waals surface area contributed by atoms with Crippen molar-refractivity contribution in [1.29, 1.82) is 0 Å². The van der Waals surface area contributed by atoms with Gasteiger partial charge in [-0.05, 0) is 82.8 Å². The van der Waals surface area contributed by atoms with E-state index in [4.69, 9.17) is 19.9 Å². The van der Waals surface area contributed by atoms with Crippen molar-refractivity contribution < 1.29 is 43.3 Å². The summed E-state index contributed by atoms with van der Waals surface area (Å²) in [5, 5.41) is 13.3. The molecule has 0 bridgehead atoms. The molecule has 1 spiro atoms. The Morgan fingerprint density at radius 3 is 2.00 bits per heavy atom. The summed E-state index contributed by atoms with van der Waals surface area (Å²) in [6.07, 6.45) is -0.936. The van der Waals surface area contributed by atoms with Crippen LogP contribution in [0.25, 0.3) is 0 Å². The molecule has 3 heterocycles. The molecule has 2 fully saturated rings. The van der Waals surface area contributed by atoms with E-state index in [1.165, 1.54) is 19.2 Å². The number of carbonyl (C=O) groups excluding carboxylic acids is 5. The van der Waals surface area contributed by atoms with Crippen LogP contribution in [0.5, 0.6) is 11.5 Å². The highest BCUT2D eigenvalue weighted by Gasteiger charge is 2.75. The number of fused-ring (bicyclic) bond motifs is 3. The molecule has 2 saturated heterocycles. The van der Waals surface area contributed by atoms with E-state index in [1.54, 1.807) is 75.6 Å². The van der Waals surface area contributed by atoms with E-state index in [9.17, 15) is 24.3 Å². The van der Waals surface area contributed by atoms with Gasteiger partial charge >= 0.3 is 18.0 Å². The van der Waals surface area contributed by atoms with Gasteiger partial charge in [0.05, 0.1) is 37.9 Å². The number of methoxy groups -OCH3 is 2. The molecule has 5 aromatic carbocycles. The number of hydrogen-bond acceptors (Lipinski definition) is 10. The summed E-state index contributed by atoms with van der Waals surface area (Å²) >= 11 is 0. The zero-order valence-corrected chi connectivity index (χ0v) is 34.4. The van der Waals surface area contributed by atoms with Crippen LogP contribution in [0.3, 0.4) is 0 Å². The molecule has 13 heteroatoms. The first-order valence-corrected chi connectivity index (χ1v) is 20.1. The molecule has 3 aliphatic heterocycles. The first-order valence-electron chi connectivity index (χ1n) is 20.1. The Labute approximate surface area is 358 Å². The van der Waals surface area contributed by atoms with Crippen molar-refractivity contribution in [3.8, 4) is 23.3 Å². The van der Waals surface area contributed by atoms with Crippen LogP contribution in [0.1, 0.15) is 65.4 Å². The Morgan fingerprint density at radius 1 is 0.790 bits per heavy atom. The van der Waals surface area contributed by atoms with Crippen LogP contribution in [0.4, 0.5) is 10.5 Å². The number of carbonyl (C=O) groups is 5. The van der Waals surface area contributed by atoms with Crippen LogP contribution < -0.4 is 20.7 Å². The monoisotopic (exact) mass is 832 g/mol. The summed E-state index contributed by atoms with van der Waals surface area (Å²) in [6, 6.07) is 31.0. The molecule has 4 amide bonds. The number of amides is 4. The highest BCUT2D eigenvalue weighted by molar-refractivity contribution is 6.25. The molecular formula is C49H44N4O9. The number of phenolic OH excluding ortho intramolecular Hbond substituents is 1. The predicted octanol–water partition coefficient (Wildman–Crippen LogP) is 5.86. The van der Waals surface area contributed by atoms with Gasteiger partial charge in [-0.2, -0.15) is 0 Å². The number of hydrogen-bond donors (Lipinski definition) is 3. The maximum Gasteiger partial charge on any atom is 0.329 e. The number of primary amides is 1. The number of imide groups is 1. The van der Waals surface area contributed by atoms with Gasteiger partial charge in [-0.25, -0.2) is 14.5 Å². The average molecular weight is 833 g/mol. The predicted molar refractivity (Wildman–Crippen MR) is 227 cm³/mol. The van der Waals surface area contributed by atoms with Crippen molar-refractivity contribution in [3.05, 3.63) is 161 Å². The second-order valence-electron chi connectivity index (χ2n) is 15.8. The molecule has 0 unspecified atom stereocenters. The normalized spacial score (nSPS) is 23.1. The van der Waals surface area contributed by atoms with Gasteiger partial charge in [-0.3, -0.25) is 19.3 Å². The Morgan fingerprint density at radius 2 is 1.40 bits per heavy atom. The third-order valence-corrected chi connectivity index (χ3v) is 12.0. The SMILES string of the molecule is COC(=O)[C@@H](NC(=O)N1C(=O)[C@@]2(c3cc(C#Cc4ccc(OC)cc4)ccc31)[C@H](c1ccc(O)cc1)N1[C@H](c3ccccc3)[C@H](c3ccccc3)OC(=O)[C@H]1[C@@H]2C(N)=O)C(C)C. The van der Waals surface area contributed by atoms with Gasteiger partial charge in [0.1, 0.15) is 35.1 Å². The zero-order valence-electron chi connectivity index (χ0n) is 34.4.